The molecule has 0 aromatic heterocycles. The normalized spacial score (nSPS) is 10.9. The molecule has 0 radical (unpaired) electrons. The van der Waals surface area contributed by atoms with Crippen LogP contribution in [0.1, 0.15) is 22.8 Å². The van der Waals surface area contributed by atoms with Crippen LogP contribution in [0, 0.1) is 6.92 Å². The smallest absolute Gasteiger partial charge is 0.335 e. The highest BCUT2D eigenvalue weighted by atomic mass is 32.2. The van der Waals surface area contributed by atoms with E-state index in [2.05, 4.69) is 10.0 Å². The molecule has 2 aromatic rings. The lowest BCUT2D eigenvalue weighted by Gasteiger charge is -2.15. The number of benzene rings is 2. The summed E-state index contributed by atoms with van der Waals surface area (Å²) in [5.41, 5.74) is 0.736. The second kappa shape index (κ2) is 7.44. The van der Waals surface area contributed by atoms with Gasteiger partial charge >= 0.3 is 5.97 Å². The summed E-state index contributed by atoms with van der Waals surface area (Å²) in [6.07, 6.45) is 0. The van der Waals surface area contributed by atoms with Crippen molar-refractivity contribution in [2.75, 3.05) is 17.1 Å². The highest BCUT2D eigenvalue weighted by Gasteiger charge is 2.21. The minimum Gasteiger partial charge on any atom is -0.495 e. The van der Waals surface area contributed by atoms with E-state index < -0.39 is 16.0 Å². The topological polar surface area (TPSA) is 122 Å². The van der Waals surface area contributed by atoms with Gasteiger partial charge in [-0.3, -0.25) is 9.52 Å². The van der Waals surface area contributed by atoms with E-state index in [0.29, 0.717) is 11.3 Å². The molecule has 8 nitrogen and oxygen atoms in total. The van der Waals surface area contributed by atoms with E-state index in [0.717, 1.165) is 6.07 Å². The third kappa shape index (κ3) is 4.31. The first-order valence-corrected chi connectivity index (χ1v) is 8.95. The van der Waals surface area contributed by atoms with Gasteiger partial charge in [-0.15, -0.1) is 0 Å². The van der Waals surface area contributed by atoms with E-state index in [-0.39, 0.29) is 27.8 Å². The van der Waals surface area contributed by atoms with E-state index in [1.165, 1.54) is 38.3 Å². The first kappa shape index (κ1) is 19.3. The summed E-state index contributed by atoms with van der Waals surface area (Å²) in [6.45, 7) is 2.89. The number of carboxylic acid groups (broad SMARTS) is 1. The van der Waals surface area contributed by atoms with Crippen LogP contribution in [0.25, 0.3) is 0 Å². The van der Waals surface area contributed by atoms with Crippen molar-refractivity contribution in [3.63, 3.8) is 0 Å². The molecule has 1 amide bonds. The Morgan fingerprint density at radius 3 is 2.38 bits per heavy atom. The van der Waals surface area contributed by atoms with E-state index in [1.807, 2.05) is 0 Å². The summed E-state index contributed by atoms with van der Waals surface area (Å²) >= 11 is 0. The van der Waals surface area contributed by atoms with Crippen molar-refractivity contribution >= 4 is 33.3 Å². The molecule has 0 spiro atoms. The zero-order valence-electron chi connectivity index (χ0n) is 14.4. The lowest BCUT2D eigenvalue weighted by atomic mass is 10.1. The van der Waals surface area contributed by atoms with E-state index >= 15 is 0 Å². The molecule has 0 saturated heterocycles. The molecule has 0 aliphatic carbocycles. The number of aryl methyl sites for hydroxylation is 1. The molecule has 2 aromatic carbocycles. The number of aromatic carboxylic acids is 1. The highest BCUT2D eigenvalue weighted by Crippen LogP contribution is 2.30. The van der Waals surface area contributed by atoms with Gasteiger partial charge in [0.05, 0.1) is 23.3 Å². The predicted molar refractivity (Wildman–Crippen MR) is 96.2 cm³/mol. The number of anilines is 2. The molecule has 3 N–H and O–H groups in total. The Morgan fingerprint density at radius 1 is 1.12 bits per heavy atom. The third-order valence-electron chi connectivity index (χ3n) is 3.49. The van der Waals surface area contributed by atoms with Crippen molar-refractivity contribution in [3.05, 3.63) is 47.5 Å². The predicted octanol–water partition coefficient (Wildman–Crippen LogP) is 2.46. The Kier molecular flexibility index (Phi) is 5.51. The lowest BCUT2D eigenvalue weighted by molar-refractivity contribution is -0.114. The van der Waals surface area contributed by atoms with Crippen molar-refractivity contribution in [1.29, 1.82) is 0 Å². The van der Waals surface area contributed by atoms with Crippen LogP contribution in [0.15, 0.2) is 41.3 Å². The number of hydrogen-bond acceptors (Lipinski definition) is 5. The summed E-state index contributed by atoms with van der Waals surface area (Å²) in [6, 6.07) is 8.31. The molecule has 2 rings (SSSR count). The summed E-state index contributed by atoms with van der Waals surface area (Å²) in [5, 5.41) is 11.6. The molecular weight excluding hydrogens is 360 g/mol. The van der Waals surface area contributed by atoms with Gasteiger partial charge in [-0.05, 0) is 42.8 Å². The summed E-state index contributed by atoms with van der Waals surface area (Å²) < 4.78 is 33.0. The van der Waals surface area contributed by atoms with Gasteiger partial charge in [0.25, 0.3) is 10.0 Å². The molecule has 0 aliphatic heterocycles. The van der Waals surface area contributed by atoms with Crippen LogP contribution in [0.2, 0.25) is 0 Å². The van der Waals surface area contributed by atoms with Gasteiger partial charge in [0.2, 0.25) is 5.91 Å². The maximum absolute atomic E-state index is 12.8. The number of rotatable bonds is 6. The van der Waals surface area contributed by atoms with E-state index in [1.54, 1.807) is 13.0 Å². The van der Waals surface area contributed by atoms with Crippen LogP contribution < -0.4 is 14.8 Å². The van der Waals surface area contributed by atoms with E-state index in [4.69, 9.17) is 9.84 Å². The zero-order valence-corrected chi connectivity index (χ0v) is 15.2. The van der Waals surface area contributed by atoms with Crippen LogP contribution in [-0.4, -0.2) is 32.5 Å². The molecule has 0 saturated carbocycles. The number of nitrogens with one attached hydrogen (secondary N) is 2. The van der Waals surface area contributed by atoms with Crippen LogP contribution in [0.3, 0.4) is 0 Å². The molecular formula is C17H18N2O6S. The standard InChI is InChI=1S/C17H18N2O6S/c1-10-4-5-12(17(21)22)8-16(10)26(23,24)19-14-9-13(18-11(2)20)6-7-15(14)25-3/h4-9,19H,1-3H3,(H,18,20)(H,21,22). The lowest BCUT2D eigenvalue weighted by Crippen LogP contribution is -2.16. The number of hydrogen-bond donors (Lipinski definition) is 3. The van der Waals surface area contributed by atoms with Crippen molar-refractivity contribution in [2.45, 2.75) is 18.7 Å². The van der Waals surface area contributed by atoms with Crippen molar-refractivity contribution < 1.29 is 27.9 Å². The zero-order chi connectivity index (χ0) is 19.5. The molecule has 0 unspecified atom stereocenters. The molecule has 0 fully saturated rings. The van der Waals surface area contributed by atoms with Gasteiger partial charge < -0.3 is 15.2 Å². The number of carboxylic acids is 1. The fraction of sp³-hybridized carbons (Fsp3) is 0.176. The minimum atomic E-state index is -4.08. The largest absolute Gasteiger partial charge is 0.495 e. The second-order valence-electron chi connectivity index (χ2n) is 5.49. The minimum absolute atomic E-state index is 0.110. The first-order chi connectivity index (χ1) is 12.1. The maximum Gasteiger partial charge on any atom is 0.335 e. The number of amides is 1. The van der Waals surface area contributed by atoms with Crippen molar-refractivity contribution in [1.82, 2.24) is 0 Å². The summed E-state index contributed by atoms with van der Waals surface area (Å²) in [4.78, 5) is 22.2. The second-order valence-corrected chi connectivity index (χ2v) is 7.14. The third-order valence-corrected chi connectivity index (χ3v) is 5.00. The Balaban J connectivity index is 2.48. The monoisotopic (exact) mass is 378 g/mol. The fourth-order valence-corrected chi connectivity index (χ4v) is 3.62. The SMILES string of the molecule is COc1ccc(NC(C)=O)cc1NS(=O)(=O)c1cc(C(=O)O)ccc1C. The van der Waals surface area contributed by atoms with Gasteiger partial charge in [-0.25, -0.2) is 13.2 Å². The number of methoxy groups -OCH3 is 1. The number of ether oxygens (including phenoxy) is 1. The van der Waals surface area contributed by atoms with Gasteiger partial charge in [-0.1, -0.05) is 6.07 Å². The Hall–Kier alpha value is -3.07. The fourth-order valence-electron chi connectivity index (χ4n) is 2.29. The van der Waals surface area contributed by atoms with Gasteiger partial charge in [0, 0.05) is 12.6 Å². The summed E-state index contributed by atoms with van der Waals surface area (Å²) in [7, 11) is -2.71. The Bertz CT molecular complexity index is 969. The van der Waals surface area contributed by atoms with Crippen LogP contribution in [-0.2, 0) is 14.8 Å². The number of sulfonamides is 1. The molecule has 0 aliphatic rings. The first-order valence-electron chi connectivity index (χ1n) is 7.46. The Morgan fingerprint density at radius 2 is 1.81 bits per heavy atom. The van der Waals surface area contributed by atoms with E-state index in [9.17, 15) is 18.0 Å². The molecule has 26 heavy (non-hydrogen) atoms. The average Bonchev–Trinajstić information content (AvgIpc) is 2.54. The van der Waals surface area contributed by atoms with Gasteiger partial charge in [0.1, 0.15) is 5.75 Å². The molecule has 0 bridgehead atoms. The Labute approximate surface area is 150 Å². The number of carbonyl (C=O) groups is 2. The molecule has 9 heteroatoms. The van der Waals surface area contributed by atoms with Crippen LogP contribution >= 0.6 is 0 Å². The van der Waals surface area contributed by atoms with Crippen LogP contribution in [0.5, 0.6) is 5.75 Å². The van der Waals surface area contributed by atoms with Crippen molar-refractivity contribution in [3.8, 4) is 5.75 Å². The van der Waals surface area contributed by atoms with Crippen molar-refractivity contribution in [2.24, 2.45) is 0 Å². The van der Waals surface area contributed by atoms with Gasteiger partial charge in [-0.2, -0.15) is 0 Å². The quantitative estimate of drug-likeness (QED) is 0.710. The number of carbonyl (C=O) groups excluding carboxylic acids is 1. The molecule has 0 heterocycles. The molecule has 138 valence electrons. The average molecular weight is 378 g/mol. The summed E-state index contributed by atoms with van der Waals surface area (Å²) in [5.74, 6) is -1.30. The van der Waals surface area contributed by atoms with Gasteiger partial charge in [0.15, 0.2) is 0 Å². The highest BCUT2D eigenvalue weighted by molar-refractivity contribution is 7.92. The molecule has 0 atom stereocenters. The maximum atomic E-state index is 12.8. The van der Waals surface area contributed by atoms with Crippen LogP contribution in [0.4, 0.5) is 11.4 Å².